The minimum absolute atomic E-state index is 0.0184. The van der Waals surface area contributed by atoms with Crippen molar-refractivity contribution in [2.75, 3.05) is 4.90 Å². The Morgan fingerprint density at radius 2 is 0.746 bits per heavy atom. The zero-order valence-corrected chi connectivity index (χ0v) is 42.1. The van der Waals surface area contributed by atoms with Gasteiger partial charge in [-0.15, -0.1) is 0 Å². The van der Waals surface area contributed by atoms with Crippen LogP contribution in [0.3, 0.4) is 0 Å². The molecule has 8 aromatic carbocycles. The highest BCUT2D eigenvalue weighted by Gasteiger charge is 2.58. The number of hydrogen-bond acceptors (Lipinski definition) is 1. The number of benzene rings is 8. The monoisotopic (exact) mass is 922 g/mol. The number of nitrogens with zero attached hydrogens (tertiary/aromatic N) is 1. The van der Waals surface area contributed by atoms with Gasteiger partial charge in [0.05, 0.1) is 0 Å². The molecular weight excluding hydrogens is 855 g/mol. The molecule has 0 N–H and O–H groups in total. The summed E-state index contributed by atoms with van der Waals surface area (Å²) in [6, 6.07) is 72.8. The van der Waals surface area contributed by atoms with Gasteiger partial charge in [0.25, 0.3) is 0 Å². The molecular formula is C70H67N. The summed E-state index contributed by atoms with van der Waals surface area (Å²) in [6.07, 6.45) is 10.8. The summed E-state index contributed by atoms with van der Waals surface area (Å²) in [7, 11) is 0. The minimum Gasteiger partial charge on any atom is -0.310 e. The predicted octanol–water partition coefficient (Wildman–Crippen LogP) is 18.9. The maximum absolute atomic E-state index is 2.63. The lowest BCUT2D eigenvalue weighted by atomic mass is 9.49. The summed E-state index contributed by atoms with van der Waals surface area (Å²) >= 11 is 0. The molecule has 352 valence electrons. The number of anilines is 3. The molecule has 6 aliphatic rings. The van der Waals surface area contributed by atoms with Crippen molar-refractivity contribution >= 4 is 17.1 Å². The molecule has 2 unspecified atom stereocenters. The van der Waals surface area contributed by atoms with Crippen molar-refractivity contribution in [2.24, 2.45) is 47.3 Å². The lowest BCUT2D eigenvalue weighted by Gasteiger charge is -2.54. The fourth-order valence-electron chi connectivity index (χ4n) is 17.3. The number of rotatable bonds is 6. The molecule has 0 aliphatic heterocycles. The van der Waals surface area contributed by atoms with Crippen LogP contribution in [0.5, 0.6) is 0 Å². The summed E-state index contributed by atoms with van der Waals surface area (Å²) < 4.78 is 0. The molecule has 8 aromatic rings. The molecule has 71 heavy (non-hydrogen) atoms. The van der Waals surface area contributed by atoms with Crippen molar-refractivity contribution in [1.29, 1.82) is 0 Å². The minimum atomic E-state index is 0.0184. The third-order valence-electron chi connectivity index (χ3n) is 19.7. The van der Waals surface area contributed by atoms with Crippen LogP contribution in [0.4, 0.5) is 17.1 Å². The lowest BCUT2D eigenvalue weighted by molar-refractivity contribution is 0.0426. The molecule has 6 aliphatic carbocycles. The van der Waals surface area contributed by atoms with Crippen LogP contribution < -0.4 is 4.90 Å². The standard InChI is InChI=1S/C70H67N/c1-44-32-48-36-46(3)69(56(34-44)38-48)65-22-10-8-20-61(65)63-30-26-55(42-67(63)69)53-17-12-16-52(40-53)54-18-13-19-59(41-54)71(58-27-24-51(25-28-58)50-14-6-5-7-15-50)60-29-31-64-62-21-9-11-23-66(62)70(68(64)43-60)47(4)37-49-33-45(2)35-57(70)39-49/h5-31,40-49,56-57H,32-39H2,1-4H3/t44-,45-,46+,47+,48?,49?,56+,57-,69+,70-/m1/s1. The lowest BCUT2D eigenvalue weighted by Crippen LogP contribution is -2.49. The van der Waals surface area contributed by atoms with Crippen molar-refractivity contribution < 1.29 is 0 Å². The molecule has 1 heteroatoms. The van der Waals surface area contributed by atoms with Crippen LogP contribution in [0.1, 0.15) is 101 Å². The van der Waals surface area contributed by atoms with Gasteiger partial charge in [0.2, 0.25) is 0 Å². The first kappa shape index (κ1) is 43.4. The Labute approximate surface area is 423 Å². The summed E-state index contributed by atoms with van der Waals surface area (Å²) in [5.74, 6) is 5.78. The van der Waals surface area contributed by atoms with Crippen molar-refractivity contribution in [3.63, 3.8) is 0 Å². The van der Waals surface area contributed by atoms with Crippen molar-refractivity contribution in [1.82, 2.24) is 0 Å². The smallest absolute Gasteiger partial charge is 0.0467 e. The SMILES string of the molecule is C[C@@H]1CC2C[C@H](C1)[C@]1(c3ccccc3-c3ccc(-c4cccc(-c5cccc(N(c6ccc(-c7ccccc7)cc6)c6ccc7c(c6)[C@@]6(c8ccccc8-7)[C@H]7CC(C[C@@H](C)C7)C[C@@H]6C)c5)c4)cc31)[C@@H](C)C2. The highest BCUT2D eigenvalue weighted by molar-refractivity contribution is 5.89. The average Bonchev–Trinajstić information content (AvgIpc) is 3.88. The predicted molar refractivity (Wildman–Crippen MR) is 297 cm³/mol. The summed E-state index contributed by atoms with van der Waals surface area (Å²) in [5.41, 5.74) is 23.4. The second-order valence-electron chi connectivity index (χ2n) is 23.7. The van der Waals surface area contributed by atoms with E-state index in [9.17, 15) is 0 Å². The van der Waals surface area contributed by atoms with Crippen LogP contribution >= 0.6 is 0 Å². The first-order valence-electron chi connectivity index (χ1n) is 27.4. The Morgan fingerprint density at radius 3 is 1.37 bits per heavy atom. The zero-order chi connectivity index (χ0) is 47.6. The van der Waals surface area contributed by atoms with E-state index in [1.165, 1.54) is 124 Å². The third kappa shape index (κ3) is 6.56. The first-order valence-corrected chi connectivity index (χ1v) is 27.4. The van der Waals surface area contributed by atoms with Crippen molar-refractivity contribution in [2.45, 2.75) is 89.9 Å². The summed E-state index contributed by atoms with van der Waals surface area (Å²) in [6.45, 7) is 10.2. The number of hydrogen-bond donors (Lipinski definition) is 0. The van der Waals surface area contributed by atoms with Gasteiger partial charge in [0, 0.05) is 27.9 Å². The van der Waals surface area contributed by atoms with E-state index >= 15 is 0 Å². The highest BCUT2D eigenvalue weighted by atomic mass is 15.1. The zero-order valence-electron chi connectivity index (χ0n) is 42.1. The average molecular weight is 922 g/mol. The largest absolute Gasteiger partial charge is 0.310 e. The van der Waals surface area contributed by atoms with Crippen LogP contribution in [0.15, 0.2) is 188 Å². The Morgan fingerprint density at radius 1 is 0.310 bits per heavy atom. The van der Waals surface area contributed by atoms with E-state index in [0.717, 1.165) is 23.7 Å². The molecule has 0 aromatic heterocycles. The van der Waals surface area contributed by atoms with Crippen molar-refractivity contribution in [3.8, 4) is 55.6 Å². The van der Waals surface area contributed by atoms with E-state index in [1.807, 2.05) is 0 Å². The van der Waals surface area contributed by atoms with Crippen LogP contribution in [0.2, 0.25) is 0 Å². The molecule has 2 spiro atoms. The molecule has 4 saturated carbocycles. The van der Waals surface area contributed by atoms with Crippen LogP contribution in [-0.4, -0.2) is 0 Å². The molecule has 0 saturated heterocycles. The van der Waals surface area contributed by atoms with E-state index in [0.29, 0.717) is 23.7 Å². The van der Waals surface area contributed by atoms with Crippen molar-refractivity contribution in [3.05, 3.63) is 210 Å². The summed E-state index contributed by atoms with van der Waals surface area (Å²) in [4.78, 5) is 2.54. The van der Waals surface area contributed by atoms with Crippen LogP contribution in [0.25, 0.3) is 55.6 Å². The third-order valence-corrected chi connectivity index (χ3v) is 19.7. The molecule has 0 heterocycles. The van der Waals surface area contributed by atoms with Gasteiger partial charge in [0.15, 0.2) is 0 Å². The van der Waals surface area contributed by atoms with Gasteiger partial charge in [-0.05, 0) is 225 Å². The highest BCUT2D eigenvalue weighted by Crippen LogP contribution is 2.67. The Bertz CT molecular complexity index is 3340. The molecule has 14 rings (SSSR count). The van der Waals surface area contributed by atoms with Crippen LogP contribution in [-0.2, 0) is 10.8 Å². The van der Waals surface area contributed by atoms with E-state index in [4.69, 9.17) is 0 Å². The second kappa shape index (κ2) is 16.6. The van der Waals surface area contributed by atoms with E-state index in [2.05, 4.69) is 221 Å². The Balaban J connectivity index is 0.877. The quantitative estimate of drug-likeness (QED) is 0.161. The van der Waals surface area contributed by atoms with Gasteiger partial charge < -0.3 is 4.90 Å². The molecule has 1 nitrogen and oxygen atoms in total. The van der Waals surface area contributed by atoms with Gasteiger partial charge in [-0.1, -0.05) is 167 Å². The normalized spacial score (nSPS) is 28.5. The maximum atomic E-state index is 2.63. The second-order valence-corrected chi connectivity index (χ2v) is 23.7. The topological polar surface area (TPSA) is 3.24 Å². The first-order chi connectivity index (χ1) is 34.8. The van der Waals surface area contributed by atoms with E-state index in [-0.39, 0.29) is 10.8 Å². The van der Waals surface area contributed by atoms with Gasteiger partial charge in [-0.2, -0.15) is 0 Å². The molecule has 4 fully saturated rings. The van der Waals surface area contributed by atoms with Gasteiger partial charge >= 0.3 is 0 Å². The maximum Gasteiger partial charge on any atom is 0.0467 e. The number of fused-ring (bicyclic) bond motifs is 16. The molecule has 0 amide bonds. The van der Waals surface area contributed by atoms with E-state index in [1.54, 1.807) is 22.3 Å². The fraction of sp³-hybridized carbons (Fsp3) is 0.314. The van der Waals surface area contributed by atoms with Crippen LogP contribution in [0, 0.1) is 47.3 Å². The van der Waals surface area contributed by atoms with E-state index < -0.39 is 0 Å². The van der Waals surface area contributed by atoms with Gasteiger partial charge in [-0.3, -0.25) is 0 Å². The van der Waals surface area contributed by atoms with Gasteiger partial charge in [0.1, 0.15) is 0 Å². The van der Waals surface area contributed by atoms with Gasteiger partial charge in [-0.25, -0.2) is 0 Å². The fourth-order valence-corrected chi connectivity index (χ4v) is 17.3. The Kier molecular flexibility index (Phi) is 10.1. The molecule has 0 radical (unpaired) electrons. The molecule has 10 atom stereocenters. The summed E-state index contributed by atoms with van der Waals surface area (Å²) in [5, 5.41) is 0. The Hall–Kier alpha value is -6.44. The molecule has 4 bridgehead atoms.